The van der Waals surface area contributed by atoms with Gasteiger partial charge in [0.15, 0.2) is 0 Å². The van der Waals surface area contributed by atoms with E-state index in [-0.39, 0.29) is 11.8 Å². The van der Waals surface area contributed by atoms with Crippen LogP contribution in [0.2, 0.25) is 0 Å². The van der Waals surface area contributed by atoms with Crippen LogP contribution >= 0.6 is 0 Å². The van der Waals surface area contributed by atoms with Gasteiger partial charge in [-0.1, -0.05) is 0 Å². The minimum Gasteiger partial charge on any atom is -0.497 e. The van der Waals surface area contributed by atoms with E-state index in [0.29, 0.717) is 17.9 Å². The number of epoxide rings is 1. The van der Waals surface area contributed by atoms with Crippen LogP contribution in [0.3, 0.4) is 0 Å². The van der Waals surface area contributed by atoms with E-state index >= 15 is 0 Å². The van der Waals surface area contributed by atoms with Crippen LogP contribution in [-0.4, -0.2) is 18.6 Å². The summed E-state index contributed by atoms with van der Waals surface area (Å²) in [6.07, 6.45) is -0.110. The third kappa shape index (κ3) is 1.54. The Balaban J connectivity index is 2.43. The molecule has 5 heteroatoms. The Morgan fingerprint density at radius 2 is 2.36 bits per heavy atom. The van der Waals surface area contributed by atoms with Gasteiger partial charge in [-0.05, 0) is 12.1 Å². The minimum atomic E-state index is -0.417. The van der Waals surface area contributed by atoms with Crippen molar-refractivity contribution in [1.29, 1.82) is 0 Å². The maximum atomic E-state index is 10.7. The van der Waals surface area contributed by atoms with Crippen LogP contribution < -0.4 is 4.74 Å². The van der Waals surface area contributed by atoms with Gasteiger partial charge in [0, 0.05) is 0 Å². The molecule has 1 unspecified atom stereocenters. The predicted octanol–water partition coefficient (Wildman–Crippen LogP) is 1.67. The van der Waals surface area contributed by atoms with Gasteiger partial charge < -0.3 is 9.47 Å². The summed E-state index contributed by atoms with van der Waals surface area (Å²) in [5.74, 6) is 0.487. The Morgan fingerprint density at radius 1 is 1.64 bits per heavy atom. The highest BCUT2D eigenvalue weighted by molar-refractivity contribution is 5.48. The molecule has 1 aromatic carbocycles. The molecule has 1 heterocycles. The van der Waals surface area contributed by atoms with Crippen molar-refractivity contribution in [3.63, 3.8) is 0 Å². The molecule has 5 nitrogen and oxygen atoms in total. The molecule has 1 aliphatic rings. The molecule has 0 radical (unpaired) electrons. The average molecular weight is 195 g/mol. The fourth-order valence-electron chi connectivity index (χ4n) is 1.31. The first kappa shape index (κ1) is 8.96. The maximum Gasteiger partial charge on any atom is 0.279 e. The first-order chi connectivity index (χ1) is 6.72. The zero-order valence-electron chi connectivity index (χ0n) is 7.60. The van der Waals surface area contributed by atoms with E-state index < -0.39 is 4.92 Å². The Hall–Kier alpha value is -1.62. The standard InChI is InChI=1S/C9H9NO4/c1-13-6-2-3-7(9-5-14-9)8(4-6)10(11)12/h2-4,9H,5H2,1H3. The molecule has 1 fully saturated rings. The van der Waals surface area contributed by atoms with E-state index in [0.717, 1.165) is 0 Å². The third-order valence-electron chi connectivity index (χ3n) is 2.11. The number of hydrogen-bond donors (Lipinski definition) is 0. The summed E-state index contributed by atoms with van der Waals surface area (Å²) in [4.78, 5) is 10.3. The summed E-state index contributed by atoms with van der Waals surface area (Å²) in [5, 5.41) is 10.7. The highest BCUT2D eigenvalue weighted by Gasteiger charge is 2.32. The van der Waals surface area contributed by atoms with Gasteiger partial charge in [0.2, 0.25) is 0 Å². The Morgan fingerprint density at radius 3 is 2.86 bits per heavy atom. The van der Waals surface area contributed by atoms with Gasteiger partial charge in [0.25, 0.3) is 5.69 Å². The molecule has 2 rings (SSSR count). The van der Waals surface area contributed by atoms with Crippen molar-refractivity contribution in [3.8, 4) is 5.75 Å². The van der Waals surface area contributed by atoms with Gasteiger partial charge in [0.05, 0.1) is 30.3 Å². The van der Waals surface area contributed by atoms with Gasteiger partial charge in [-0.3, -0.25) is 10.1 Å². The summed E-state index contributed by atoms with van der Waals surface area (Å²) in [7, 11) is 1.48. The highest BCUT2D eigenvalue weighted by atomic mass is 16.6. The van der Waals surface area contributed by atoms with Crippen molar-refractivity contribution in [2.24, 2.45) is 0 Å². The second kappa shape index (κ2) is 3.26. The number of nitro benzene ring substituents is 1. The molecule has 0 aliphatic carbocycles. The zero-order chi connectivity index (χ0) is 10.1. The average Bonchev–Trinajstić information content (AvgIpc) is 3.00. The summed E-state index contributed by atoms with van der Waals surface area (Å²) >= 11 is 0. The summed E-state index contributed by atoms with van der Waals surface area (Å²) < 4.78 is 9.93. The van der Waals surface area contributed by atoms with Crippen LogP contribution in [0.1, 0.15) is 11.7 Å². The van der Waals surface area contributed by atoms with Gasteiger partial charge in [-0.25, -0.2) is 0 Å². The molecule has 74 valence electrons. The van der Waals surface area contributed by atoms with Crippen LogP contribution in [-0.2, 0) is 4.74 Å². The molecule has 0 aromatic heterocycles. The third-order valence-corrected chi connectivity index (χ3v) is 2.11. The lowest BCUT2D eigenvalue weighted by atomic mass is 10.1. The van der Waals surface area contributed by atoms with E-state index in [1.807, 2.05) is 0 Å². The molecular weight excluding hydrogens is 186 g/mol. The van der Waals surface area contributed by atoms with Gasteiger partial charge in [-0.15, -0.1) is 0 Å². The van der Waals surface area contributed by atoms with Crippen molar-refractivity contribution >= 4 is 5.69 Å². The molecule has 0 N–H and O–H groups in total. The van der Waals surface area contributed by atoms with Crippen LogP contribution in [0.5, 0.6) is 5.75 Å². The van der Waals surface area contributed by atoms with Gasteiger partial charge >= 0.3 is 0 Å². The van der Waals surface area contributed by atoms with Crippen LogP contribution in [0, 0.1) is 10.1 Å². The lowest BCUT2D eigenvalue weighted by Gasteiger charge is -2.02. The second-order valence-corrected chi connectivity index (χ2v) is 3.00. The quantitative estimate of drug-likeness (QED) is 0.418. The van der Waals surface area contributed by atoms with E-state index in [1.165, 1.54) is 13.2 Å². The molecule has 1 aliphatic heterocycles. The Labute approximate surface area is 80.4 Å². The summed E-state index contributed by atoms with van der Waals surface area (Å²) in [6, 6.07) is 4.79. The number of ether oxygens (including phenoxy) is 2. The molecule has 1 saturated heterocycles. The van der Waals surface area contributed by atoms with Gasteiger partial charge in [-0.2, -0.15) is 0 Å². The van der Waals surface area contributed by atoms with E-state index in [2.05, 4.69) is 0 Å². The number of hydrogen-bond acceptors (Lipinski definition) is 4. The number of nitro groups is 1. The fraction of sp³-hybridized carbons (Fsp3) is 0.333. The Bertz CT molecular complexity index is 373. The SMILES string of the molecule is COc1ccc(C2CO2)c([N+](=O)[O-])c1. The Kier molecular flexibility index (Phi) is 2.09. The van der Waals surface area contributed by atoms with Crippen molar-refractivity contribution in [2.75, 3.05) is 13.7 Å². The lowest BCUT2D eigenvalue weighted by Crippen LogP contribution is -1.95. The molecule has 1 aromatic rings. The molecule has 1 atom stereocenters. The van der Waals surface area contributed by atoms with Crippen LogP contribution in [0.15, 0.2) is 18.2 Å². The molecule has 0 spiro atoms. The summed E-state index contributed by atoms with van der Waals surface area (Å²) in [6.45, 7) is 0.563. The van der Waals surface area contributed by atoms with Crippen LogP contribution in [0.4, 0.5) is 5.69 Å². The topological polar surface area (TPSA) is 64.9 Å². The fourth-order valence-corrected chi connectivity index (χ4v) is 1.31. The summed E-state index contributed by atoms with van der Waals surface area (Å²) in [5.41, 5.74) is 0.683. The number of methoxy groups -OCH3 is 1. The van der Waals surface area contributed by atoms with Crippen LogP contribution in [0.25, 0.3) is 0 Å². The largest absolute Gasteiger partial charge is 0.497 e. The molecule has 14 heavy (non-hydrogen) atoms. The normalized spacial score (nSPS) is 19.1. The van der Waals surface area contributed by atoms with E-state index in [1.54, 1.807) is 12.1 Å². The van der Waals surface area contributed by atoms with Crippen molar-refractivity contribution < 1.29 is 14.4 Å². The molecule has 0 bridgehead atoms. The number of nitrogens with zero attached hydrogens (tertiary/aromatic N) is 1. The maximum absolute atomic E-state index is 10.7. The monoisotopic (exact) mass is 195 g/mol. The predicted molar refractivity (Wildman–Crippen MR) is 48.3 cm³/mol. The number of rotatable bonds is 3. The second-order valence-electron chi connectivity index (χ2n) is 3.00. The lowest BCUT2D eigenvalue weighted by molar-refractivity contribution is -0.385. The molecular formula is C9H9NO4. The smallest absolute Gasteiger partial charge is 0.279 e. The van der Waals surface area contributed by atoms with E-state index in [9.17, 15) is 10.1 Å². The van der Waals surface area contributed by atoms with Crippen molar-refractivity contribution in [3.05, 3.63) is 33.9 Å². The van der Waals surface area contributed by atoms with Gasteiger partial charge in [0.1, 0.15) is 11.9 Å². The molecule has 0 saturated carbocycles. The minimum absolute atomic E-state index is 0.0619. The van der Waals surface area contributed by atoms with Crippen molar-refractivity contribution in [1.82, 2.24) is 0 Å². The first-order valence-electron chi connectivity index (χ1n) is 4.16. The first-order valence-corrected chi connectivity index (χ1v) is 4.16. The molecule has 0 amide bonds. The van der Waals surface area contributed by atoms with Crippen molar-refractivity contribution in [2.45, 2.75) is 6.10 Å². The number of benzene rings is 1. The highest BCUT2D eigenvalue weighted by Crippen LogP contribution is 2.37. The zero-order valence-corrected chi connectivity index (χ0v) is 7.60. The van der Waals surface area contributed by atoms with E-state index in [4.69, 9.17) is 9.47 Å².